The number of hydrogen-bond donors (Lipinski definition) is 0. The summed E-state index contributed by atoms with van der Waals surface area (Å²) in [6, 6.07) is 5.76. The first kappa shape index (κ1) is 9.58. The van der Waals surface area contributed by atoms with Crippen LogP contribution in [0.15, 0.2) is 36.8 Å². The minimum atomic E-state index is 0.712. The third-order valence-electron chi connectivity index (χ3n) is 2.02. The van der Waals surface area contributed by atoms with Crippen molar-refractivity contribution >= 4 is 5.95 Å². The molecule has 0 saturated carbocycles. The van der Waals surface area contributed by atoms with Crippen molar-refractivity contribution in [2.45, 2.75) is 0 Å². The Balaban J connectivity index is 2.42. The number of pyridine rings is 1. The van der Waals surface area contributed by atoms with E-state index in [1.165, 1.54) is 0 Å². The molecule has 2 aromatic heterocycles. The molecular weight excluding hydrogens is 188 g/mol. The van der Waals surface area contributed by atoms with Gasteiger partial charge in [-0.05, 0) is 18.2 Å². The van der Waals surface area contributed by atoms with E-state index in [9.17, 15) is 0 Å². The van der Waals surface area contributed by atoms with Crippen molar-refractivity contribution in [1.82, 2.24) is 15.0 Å². The third-order valence-corrected chi connectivity index (χ3v) is 2.02. The van der Waals surface area contributed by atoms with Crippen LogP contribution in [0.2, 0.25) is 0 Å². The summed E-state index contributed by atoms with van der Waals surface area (Å²) >= 11 is 0. The highest BCUT2D eigenvalue weighted by atomic mass is 15.2. The zero-order valence-corrected chi connectivity index (χ0v) is 8.75. The van der Waals surface area contributed by atoms with Crippen molar-refractivity contribution in [2.24, 2.45) is 0 Å². The molecule has 2 aromatic rings. The van der Waals surface area contributed by atoms with Gasteiger partial charge in [0.05, 0.1) is 5.69 Å². The minimum Gasteiger partial charge on any atom is -0.347 e. The molecule has 0 aromatic carbocycles. The molecule has 0 fully saturated rings. The van der Waals surface area contributed by atoms with E-state index in [1.807, 2.05) is 37.2 Å². The molecule has 15 heavy (non-hydrogen) atoms. The second-order valence-corrected chi connectivity index (χ2v) is 3.37. The van der Waals surface area contributed by atoms with Gasteiger partial charge in [0.15, 0.2) is 0 Å². The minimum absolute atomic E-state index is 0.712. The Morgan fingerprint density at radius 1 is 1.00 bits per heavy atom. The molecule has 4 nitrogen and oxygen atoms in total. The van der Waals surface area contributed by atoms with Crippen LogP contribution in [0.1, 0.15) is 0 Å². The van der Waals surface area contributed by atoms with Gasteiger partial charge in [0, 0.05) is 38.2 Å². The molecule has 2 rings (SSSR count). The van der Waals surface area contributed by atoms with E-state index in [2.05, 4.69) is 15.0 Å². The Bertz CT molecular complexity index is 439. The van der Waals surface area contributed by atoms with Gasteiger partial charge in [-0.2, -0.15) is 0 Å². The van der Waals surface area contributed by atoms with E-state index in [4.69, 9.17) is 0 Å². The van der Waals surface area contributed by atoms with Crippen LogP contribution in [0.3, 0.4) is 0 Å². The van der Waals surface area contributed by atoms with Gasteiger partial charge in [-0.25, -0.2) is 9.97 Å². The third kappa shape index (κ3) is 2.10. The lowest BCUT2D eigenvalue weighted by molar-refractivity contribution is 1.00. The van der Waals surface area contributed by atoms with Gasteiger partial charge >= 0.3 is 0 Å². The summed E-state index contributed by atoms with van der Waals surface area (Å²) in [6.07, 6.45) is 5.28. The molecule has 0 radical (unpaired) electrons. The number of hydrogen-bond acceptors (Lipinski definition) is 4. The first-order chi connectivity index (χ1) is 7.27. The molecule has 4 heteroatoms. The van der Waals surface area contributed by atoms with Gasteiger partial charge in [-0.1, -0.05) is 0 Å². The average Bonchev–Trinajstić information content (AvgIpc) is 2.30. The summed E-state index contributed by atoms with van der Waals surface area (Å²) in [7, 11) is 3.84. The predicted octanol–water partition coefficient (Wildman–Crippen LogP) is 1.60. The van der Waals surface area contributed by atoms with E-state index >= 15 is 0 Å². The number of nitrogens with zero attached hydrogens (tertiary/aromatic N) is 4. The molecule has 0 aliphatic carbocycles. The van der Waals surface area contributed by atoms with Crippen LogP contribution in [0.25, 0.3) is 11.3 Å². The summed E-state index contributed by atoms with van der Waals surface area (Å²) < 4.78 is 0. The van der Waals surface area contributed by atoms with E-state index < -0.39 is 0 Å². The van der Waals surface area contributed by atoms with Crippen molar-refractivity contribution < 1.29 is 0 Å². The molecule has 0 atom stereocenters. The van der Waals surface area contributed by atoms with Crippen LogP contribution < -0.4 is 4.90 Å². The molecular formula is C11H12N4. The van der Waals surface area contributed by atoms with Crippen molar-refractivity contribution in [2.75, 3.05) is 19.0 Å². The zero-order chi connectivity index (χ0) is 10.7. The van der Waals surface area contributed by atoms with Crippen LogP contribution in [-0.2, 0) is 0 Å². The zero-order valence-electron chi connectivity index (χ0n) is 8.75. The van der Waals surface area contributed by atoms with E-state index in [1.54, 1.807) is 18.6 Å². The van der Waals surface area contributed by atoms with Crippen molar-refractivity contribution in [1.29, 1.82) is 0 Å². The summed E-state index contributed by atoms with van der Waals surface area (Å²) in [5.74, 6) is 0.712. The quantitative estimate of drug-likeness (QED) is 0.738. The van der Waals surface area contributed by atoms with Crippen LogP contribution >= 0.6 is 0 Å². The maximum Gasteiger partial charge on any atom is 0.225 e. The molecule has 0 aliphatic rings. The van der Waals surface area contributed by atoms with Crippen LogP contribution in [-0.4, -0.2) is 29.0 Å². The summed E-state index contributed by atoms with van der Waals surface area (Å²) in [5.41, 5.74) is 1.96. The topological polar surface area (TPSA) is 41.9 Å². The SMILES string of the molecule is CN(C)c1nccc(-c2ccncc2)n1. The van der Waals surface area contributed by atoms with Crippen molar-refractivity contribution in [3.8, 4) is 11.3 Å². The van der Waals surface area contributed by atoms with Gasteiger partial charge in [-0.15, -0.1) is 0 Å². The van der Waals surface area contributed by atoms with Gasteiger partial charge < -0.3 is 4.90 Å². The van der Waals surface area contributed by atoms with Crippen LogP contribution in [0, 0.1) is 0 Å². The molecule has 0 N–H and O–H groups in total. The molecule has 0 saturated heterocycles. The monoisotopic (exact) mass is 200 g/mol. The van der Waals surface area contributed by atoms with Gasteiger partial charge in [0.1, 0.15) is 0 Å². The fraction of sp³-hybridized carbons (Fsp3) is 0.182. The number of aromatic nitrogens is 3. The summed E-state index contributed by atoms with van der Waals surface area (Å²) in [6.45, 7) is 0. The second kappa shape index (κ2) is 4.04. The molecule has 0 aliphatic heterocycles. The average molecular weight is 200 g/mol. The number of rotatable bonds is 2. The van der Waals surface area contributed by atoms with E-state index in [0.29, 0.717) is 5.95 Å². The molecule has 0 bridgehead atoms. The highest BCUT2D eigenvalue weighted by Gasteiger charge is 2.02. The normalized spacial score (nSPS) is 10.0. The summed E-state index contributed by atoms with van der Waals surface area (Å²) in [4.78, 5) is 14.4. The van der Waals surface area contributed by atoms with Crippen LogP contribution in [0.4, 0.5) is 5.95 Å². The first-order valence-corrected chi connectivity index (χ1v) is 4.68. The fourth-order valence-electron chi connectivity index (χ4n) is 1.25. The highest BCUT2D eigenvalue weighted by Crippen LogP contribution is 2.16. The second-order valence-electron chi connectivity index (χ2n) is 3.37. The first-order valence-electron chi connectivity index (χ1n) is 4.68. The molecule has 0 unspecified atom stereocenters. The van der Waals surface area contributed by atoms with Gasteiger partial charge in [0.2, 0.25) is 5.95 Å². The molecule has 0 spiro atoms. The molecule has 76 valence electrons. The lowest BCUT2D eigenvalue weighted by atomic mass is 10.2. The summed E-state index contributed by atoms with van der Waals surface area (Å²) in [5, 5.41) is 0. The van der Waals surface area contributed by atoms with E-state index in [-0.39, 0.29) is 0 Å². The lowest BCUT2D eigenvalue weighted by Crippen LogP contribution is -2.12. The molecule has 0 amide bonds. The smallest absolute Gasteiger partial charge is 0.225 e. The predicted molar refractivity (Wildman–Crippen MR) is 59.6 cm³/mol. The van der Waals surface area contributed by atoms with Gasteiger partial charge in [-0.3, -0.25) is 4.98 Å². The Morgan fingerprint density at radius 3 is 2.40 bits per heavy atom. The Hall–Kier alpha value is -1.97. The lowest BCUT2D eigenvalue weighted by Gasteiger charge is -2.10. The largest absolute Gasteiger partial charge is 0.347 e. The standard InChI is InChI=1S/C11H12N4/c1-15(2)11-13-8-5-10(14-11)9-3-6-12-7-4-9/h3-8H,1-2H3. The van der Waals surface area contributed by atoms with Gasteiger partial charge in [0.25, 0.3) is 0 Å². The maximum atomic E-state index is 4.43. The highest BCUT2D eigenvalue weighted by molar-refractivity contribution is 5.59. The Morgan fingerprint density at radius 2 is 1.73 bits per heavy atom. The van der Waals surface area contributed by atoms with Crippen molar-refractivity contribution in [3.05, 3.63) is 36.8 Å². The maximum absolute atomic E-state index is 4.43. The fourth-order valence-corrected chi connectivity index (χ4v) is 1.25. The molecule has 2 heterocycles. The number of anilines is 1. The van der Waals surface area contributed by atoms with Crippen molar-refractivity contribution in [3.63, 3.8) is 0 Å². The Kier molecular flexibility index (Phi) is 2.58. The van der Waals surface area contributed by atoms with Crippen LogP contribution in [0.5, 0.6) is 0 Å². The Labute approximate surface area is 88.6 Å². The van der Waals surface area contributed by atoms with E-state index in [0.717, 1.165) is 11.3 Å².